The van der Waals surface area contributed by atoms with Crippen LogP contribution in [0.2, 0.25) is 0 Å². The SMILES string of the molecule is CC(C)(C)OC(C)(C)C.O=C(O)[C@@H]1CCCN1. The number of ether oxygens (including phenoxy) is 1. The molecule has 0 aromatic carbocycles. The summed E-state index contributed by atoms with van der Waals surface area (Å²) in [6.07, 6.45) is 1.78. The molecule has 2 N–H and O–H groups in total. The van der Waals surface area contributed by atoms with Crippen LogP contribution >= 0.6 is 0 Å². The van der Waals surface area contributed by atoms with Crippen LogP contribution < -0.4 is 5.32 Å². The summed E-state index contributed by atoms with van der Waals surface area (Å²) in [5.41, 5.74) is -0.0312. The molecule has 0 saturated carbocycles. The zero-order chi connectivity index (χ0) is 13.7. The molecule has 1 atom stereocenters. The molecule has 0 unspecified atom stereocenters. The maximum Gasteiger partial charge on any atom is 0.320 e. The Bertz CT molecular complexity index is 220. The average Bonchev–Trinajstić information content (AvgIpc) is 2.47. The summed E-state index contributed by atoms with van der Waals surface area (Å²) >= 11 is 0. The summed E-state index contributed by atoms with van der Waals surface area (Å²) in [6.45, 7) is 13.3. The van der Waals surface area contributed by atoms with Gasteiger partial charge in [0.1, 0.15) is 6.04 Å². The van der Waals surface area contributed by atoms with Gasteiger partial charge in [-0.2, -0.15) is 0 Å². The van der Waals surface area contributed by atoms with Crippen LogP contribution in [0.15, 0.2) is 0 Å². The van der Waals surface area contributed by atoms with Crippen molar-refractivity contribution >= 4 is 5.97 Å². The lowest BCUT2D eigenvalue weighted by Crippen LogP contribution is -2.31. The largest absolute Gasteiger partial charge is 0.480 e. The highest BCUT2D eigenvalue weighted by molar-refractivity contribution is 5.73. The van der Waals surface area contributed by atoms with Gasteiger partial charge >= 0.3 is 5.97 Å². The third-order valence-corrected chi connectivity index (χ3v) is 1.97. The summed E-state index contributed by atoms with van der Waals surface area (Å²) < 4.78 is 5.62. The molecule has 1 fully saturated rings. The summed E-state index contributed by atoms with van der Waals surface area (Å²) in [5, 5.41) is 11.2. The van der Waals surface area contributed by atoms with Crippen molar-refractivity contribution in [2.24, 2.45) is 0 Å². The topological polar surface area (TPSA) is 58.6 Å². The molecule has 1 rings (SSSR count). The lowest BCUT2D eigenvalue weighted by molar-refractivity contribution is -0.139. The zero-order valence-corrected chi connectivity index (χ0v) is 12.0. The smallest absolute Gasteiger partial charge is 0.320 e. The average molecular weight is 245 g/mol. The second-order valence-corrected chi connectivity index (χ2v) is 6.31. The van der Waals surface area contributed by atoms with Gasteiger partial charge in [0.05, 0.1) is 11.2 Å². The van der Waals surface area contributed by atoms with E-state index in [4.69, 9.17) is 9.84 Å². The Hall–Kier alpha value is -0.610. The highest BCUT2D eigenvalue weighted by Crippen LogP contribution is 2.17. The van der Waals surface area contributed by atoms with Crippen molar-refractivity contribution in [3.63, 3.8) is 0 Å². The van der Waals surface area contributed by atoms with Gasteiger partial charge in [-0.25, -0.2) is 0 Å². The van der Waals surface area contributed by atoms with Gasteiger partial charge in [-0.1, -0.05) is 0 Å². The molecule has 4 nitrogen and oxygen atoms in total. The number of rotatable bonds is 1. The lowest BCUT2D eigenvalue weighted by atomic mass is 10.1. The summed E-state index contributed by atoms with van der Waals surface area (Å²) in [6, 6.07) is -0.269. The van der Waals surface area contributed by atoms with Crippen molar-refractivity contribution in [3.8, 4) is 0 Å². The number of carbonyl (C=O) groups is 1. The molecule has 1 aliphatic rings. The fourth-order valence-electron chi connectivity index (χ4n) is 1.81. The van der Waals surface area contributed by atoms with Crippen molar-refractivity contribution in [2.45, 2.75) is 71.6 Å². The van der Waals surface area contributed by atoms with Gasteiger partial charge < -0.3 is 15.2 Å². The maximum atomic E-state index is 10.1. The number of hydrogen-bond donors (Lipinski definition) is 2. The number of aliphatic carboxylic acids is 1. The van der Waals surface area contributed by atoms with Gasteiger partial charge in [0.15, 0.2) is 0 Å². The normalized spacial score (nSPS) is 20.7. The van der Waals surface area contributed by atoms with Crippen LogP contribution in [0.1, 0.15) is 54.4 Å². The minimum atomic E-state index is -0.720. The first kappa shape index (κ1) is 16.4. The van der Waals surface area contributed by atoms with Crippen molar-refractivity contribution in [1.29, 1.82) is 0 Å². The molecule has 0 aromatic heterocycles. The van der Waals surface area contributed by atoms with Crippen molar-refractivity contribution < 1.29 is 14.6 Å². The van der Waals surface area contributed by atoms with E-state index in [1.807, 2.05) is 0 Å². The van der Waals surface area contributed by atoms with Crippen LogP contribution in [-0.2, 0) is 9.53 Å². The molecule has 1 aliphatic heterocycles. The molecule has 1 saturated heterocycles. The molecule has 1 heterocycles. The van der Waals surface area contributed by atoms with Crippen LogP contribution in [-0.4, -0.2) is 34.9 Å². The molecule has 0 aromatic rings. The first-order valence-electron chi connectivity index (χ1n) is 6.18. The zero-order valence-electron chi connectivity index (χ0n) is 12.0. The van der Waals surface area contributed by atoms with E-state index in [2.05, 4.69) is 46.9 Å². The van der Waals surface area contributed by atoms with Crippen molar-refractivity contribution in [1.82, 2.24) is 5.32 Å². The second-order valence-electron chi connectivity index (χ2n) is 6.31. The number of carboxylic acids is 1. The van der Waals surface area contributed by atoms with Crippen molar-refractivity contribution in [3.05, 3.63) is 0 Å². The fourth-order valence-corrected chi connectivity index (χ4v) is 1.81. The van der Waals surface area contributed by atoms with E-state index in [1.54, 1.807) is 0 Å². The minimum Gasteiger partial charge on any atom is -0.480 e. The Morgan fingerprint density at radius 3 is 1.76 bits per heavy atom. The molecule has 0 amide bonds. The first-order chi connectivity index (χ1) is 7.51. The van der Waals surface area contributed by atoms with E-state index < -0.39 is 5.97 Å². The third kappa shape index (κ3) is 10.3. The van der Waals surface area contributed by atoms with Gasteiger partial charge in [0.2, 0.25) is 0 Å². The Balaban J connectivity index is 0.000000302. The molecule has 102 valence electrons. The van der Waals surface area contributed by atoms with E-state index in [9.17, 15) is 4.79 Å². The highest BCUT2D eigenvalue weighted by Gasteiger charge is 2.20. The van der Waals surface area contributed by atoms with Crippen LogP contribution in [0, 0.1) is 0 Å². The van der Waals surface area contributed by atoms with Crippen LogP contribution in [0.25, 0.3) is 0 Å². The van der Waals surface area contributed by atoms with Crippen LogP contribution in [0.3, 0.4) is 0 Å². The molecule has 0 bridgehead atoms. The monoisotopic (exact) mass is 245 g/mol. The Morgan fingerprint density at radius 2 is 1.65 bits per heavy atom. The van der Waals surface area contributed by atoms with Gasteiger partial charge in [-0.3, -0.25) is 4.79 Å². The first-order valence-corrected chi connectivity index (χ1v) is 6.18. The van der Waals surface area contributed by atoms with Gasteiger partial charge in [-0.15, -0.1) is 0 Å². The molecule has 0 aliphatic carbocycles. The van der Waals surface area contributed by atoms with Crippen molar-refractivity contribution in [2.75, 3.05) is 6.54 Å². The molecule has 4 heteroatoms. The molecule has 17 heavy (non-hydrogen) atoms. The minimum absolute atomic E-state index is 0.0156. The van der Waals surface area contributed by atoms with Crippen LogP contribution in [0.5, 0.6) is 0 Å². The fraction of sp³-hybridized carbons (Fsp3) is 0.923. The van der Waals surface area contributed by atoms with E-state index in [1.165, 1.54) is 0 Å². The third-order valence-electron chi connectivity index (χ3n) is 1.97. The van der Waals surface area contributed by atoms with E-state index in [0.717, 1.165) is 19.4 Å². The second kappa shape index (κ2) is 6.36. The van der Waals surface area contributed by atoms with Gasteiger partial charge in [-0.05, 0) is 60.9 Å². The Kier molecular flexibility index (Phi) is 6.13. The Morgan fingerprint density at radius 1 is 1.18 bits per heavy atom. The van der Waals surface area contributed by atoms with Crippen LogP contribution in [0.4, 0.5) is 0 Å². The Labute approximate surface area is 105 Å². The number of carboxylic acid groups (broad SMARTS) is 1. The molecule has 0 spiro atoms. The highest BCUT2D eigenvalue weighted by atomic mass is 16.5. The summed E-state index contributed by atoms with van der Waals surface area (Å²) in [5.74, 6) is -0.720. The summed E-state index contributed by atoms with van der Waals surface area (Å²) in [4.78, 5) is 10.1. The summed E-state index contributed by atoms with van der Waals surface area (Å²) in [7, 11) is 0. The molecule has 0 radical (unpaired) electrons. The maximum absolute atomic E-state index is 10.1. The predicted octanol–water partition coefficient (Wildman–Crippen LogP) is 2.42. The molecular formula is C13H27NO3. The standard InChI is InChI=1S/C8H18O.C5H9NO2/c1-7(2,3)9-8(4,5)6;7-5(8)4-2-1-3-6-4/h1-6H3;4,6H,1-3H2,(H,7,8)/t;4-/m.0/s1. The predicted molar refractivity (Wildman–Crippen MR) is 69.3 cm³/mol. The van der Waals surface area contributed by atoms with Gasteiger partial charge in [0, 0.05) is 0 Å². The van der Waals surface area contributed by atoms with E-state index >= 15 is 0 Å². The molecular weight excluding hydrogens is 218 g/mol. The van der Waals surface area contributed by atoms with E-state index in [0.29, 0.717) is 0 Å². The lowest BCUT2D eigenvalue weighted by Gasteiger charge is -2.30. The number of hydrogen-bond acceptors (Lipinski definition) is 3. The van der Waals surface area contributed by atoms with E-state index in [-0.39, 0.29) is 17.2 Å². The van der Waals surface area contributed by atoms with Gasteiger partial charge in [0.25, 0.3) is 0 Å². The number of nitrogens with one attached hydrogen (secondary N) is 1. The quantitative estimate of drug-likeness (QED) is 0.745.